The van der Waals surface area contributed by atoms with Crippen LogP contribution >= 0.6 is 11.6 Å². The van der Waals surface area contributed by atoms with Gasteiger partial charge in [0.2, 0.25) is 0 Å². The molecule has 1 heterocycles. The van der Waals surface area contributed by atoms with Gasteiger partial charge >= 0.3 is 6.03 Å². The van der Waals surface area contributed by atoms with Crippen molar-refractivity contribution < 1.29 is 9.53 Å². The number of hydrogen-bond donors (Lipinski definition) is 2. The van der Waals surface area contributed by atoms with Crippen LogP contribution in [0, 0.1) is 0 Å². The van der Waals surface area contributed by atoms with Gasteiger partial charge in [0.05, 0.1) is 12.8 Å². The average molecular weight is 385 g/mol. The lowest BCUT2D eigenvalue weighted by Crippen LogP contribution is -2.19. The summed E-state index contributed by atoms with van der Waals surface area (Å²) < 4.78 is 7.40. The number of urea groups is 1. The first-order chi connectivity index (χ1) is 13.0. The van der Waals surface area contributed by atoms with Crippen molar-refractivity contribution in [2.45, 2.75) is 19.9 Å². The summed E-state index contributed by atoms with van der Waals surface area (Å²) in [6.45, 7) is 4.12. The highest BCUT2D eigenvalue weighted by molar-refractivity contribution is 6.30. The zero-order valence-corrected chi connectivity index (χ0v) is 16.1. The van der Waals surface area contributed by atoms with Gasteiger partial charge in [0, 0.05) is 34.2 Å². The molecule has 6 nitrogen and oxygen atoms in total. The van der Waals surface area contributed by atoms with E-state index in [1.54, 1.807) is 43.6 Å². The van der Waals surface area contributed by atoms with Gasteiger partial charge in [0.25, 0.3) is 0 Å². The maximum atomic E-state index is 12.3. The monoisotopic (exact) mass is 384 g/mol. The number of hydrogen-bond acceptors (Lipinski definition) is 3. The molecule has 0 fully saturated rings. The van der Waals surface area contributed by atoms with Gasteiger partial charge in [0.15, 0.2) is 0 Å². The second-order valence-electron chi connectivity index (χ2n) is 6.26. The van der Waals surface area contributed by atoms with E-state index < -0.39 is 0 Å². The molecule has 3 rings (SSSR count). The van der Waals surface area contributed by atoms with E-state index in [4.69, 9.17) is 16.3 Å². The Bertz CT molecular complexity index is 935. The molecule has 7 heteroatoms. The first kappa shape index (κ1) is 18.8. The van der Waals surface area contributed by atoms with Gasteiger partial charge in [-0.1, -0.05) is 11.6 Å². The van der Waals surface area contributed by atoms with Crippen LogP contribution in [0.5, 0.6) is 5.75 Å². The van der Waals surface area contributed by atoms with Crippen molar-refractivity contribution in [3.8, 4) is 17.0 Å². The van der Waals surface area contributed by atoms with Gasteiger partial charge in [-0.25, -0.2) is 4.79 Å². The molecule has 1 aromatic heterocycles. The van der Waals surface area contributed by atoms with E-state index in [0.29, 0.717) is 22.1 Å². The molecule has 0 bridgehead atoms. The van der Waals surface area contributed by atoms with Crippen LogP contribution in [-0.2, 0) is 0 Å². The SMILES string of the molecule is COc1ccc(NC(=O)Nc2ccc(Cl)cc2)cc1-c1ccnn1C(C)C. The minimum Gasteiger partial charge on any atom is -0.496 e. The summed E-state index contributed by atoms with van der Waals surface area (Å²) >= 11 is 5.86. The predicted molar refractivity (Wildman–Crippen MR) is 109 cm³/mol. The highest BCUT2D eigenvalue weighted by Crippen LogP contribution is 2.33. The minimum atomic E-state index is -0.342. The largest absolute Gasteiger partial charge is 0.496 e. The molecule has 0 spiro atoms. The zero-order valence-electron chi connectivity index (χ0n) is 15.4. The van der Waals surface area contributed by atoms with Crippen LogP contribution < -0.4 is 15.4 Å². The Labute approximate surface area is 163 Å². The summed E-state index contributed by atoms with van der Waals surface area (Å²) in [5, 5.41) is 10.6. The maximum absolute atomic E-state index is 12.3. The number of ether oxygens (including phenoxy) is 1. The Morgan fingerprint density at radius 1 is 1.07 bits per heavy atom. The number of amides is 2. The second-order valence-corrected chi connectivity index (χ2v) is 6.69. The molecule has 0 unspecified atom stereocenters. The fraction of sp³-hybridized carbons (Fsp3) is 0.200. The van der Waals surface area contributed by atoms with E-state index in [-0.39, 0.29) is 12.1 Å². The Morgan fingerprint density at radius 3 is 2.41 bits per heavy atom. The van der Waals surface area contributed by atoms with E-state index in [2.05, 4.69) is 29.6 Å². The molecule has 3 aromatic rings. The number of carbonyl (C=O) groups is 1. The predicted octanol–water partition coefficient (Wildman–Crippen LogP) is 5.44. The minimum absolute atomic E-state index is 0.199. The van der Waals surface area contributed by atoms with Crippen molar-refractivity contribution in [2.75, 3.05) is 17.7 Å². The summed E-state index contributed by atoms with van der Waals surface area (Å²) in [6, 6.07) is 14.2. The number of methoxy groups -OCH3 is 1. The highest BCUT2D eigenvalue weighted by atomic mass is 35.5. The normalized spacial score (nSPS) is 10.7. The zero-order chi connectivity index (χ0) is 19.4. The first-order valence-corrected chi connectivity index (χ1v) is 8.91. The van der Waals surface area contributed by atoms with E-state index in [1.807, 2.05) is 22.9 Å². The lowest BCUT2D eigenvalue weighted by atomic mass is 10.1. The topological polar surface area (TPSA) is 68.2 Å². The first-order valence-electron chi connectivity index (χ1n) is 8.53. The highest BCUT2D eigenvalue weighted by Gasteiger charge is 2.14. The summed E-state index contributed by atoms with van der Waals surface area (Å²) in [4.78, 5) is 12.3. The number of nitrogens with one attached hydrogen (secondary N) is 2. The van der Waals surface area contributed by atoms with Crippen molar-refractivity contribution >= 4 is 29.0 Å². The molecule has 0 aliphatic rings. The molecule has 0 saturated carbocycles. The van der Waals surface area contributed by atoms with Crippen LogP contribution in [0.15, 0.2) is 54.7 Å². The molecule has 0 aliphatic heterocycles. The number of carbonyl (C=O) groups excluding carboxylic acids is 1. The van der Waals surface area contributed by atoms with Crippen molar-refractivity contribution in [3.63, 3.8) is 0 Å². The molecule has 0 atom stereocenters. The lowest BCUT2D eigenvalue weighted by Gasteiger charge is -2.15. The Kier molecular flexibility index (Phi) is 5.66. The third-order valence-electron chi connectivity index (χ3n) is 3.99. The molecule has 2 N–H and O–H groups in total. The Balaban J connectivity index is 1.83. The molecular weight excluding hydrogens is 364 g/mol. The number of benzene rings is 2. The number of anilines is 2. The van der Waals surface area contributed by atoms with Gasteiger partial charge in [-0.05, 0) is 62.4 Å². The number of rotatable bonds is 5. The summed E-state index contributed by atoms with van der Waals surface area (Å²) in [7, 11) is 1.62. The lowest BCUT2D eigenvalue weighted by molar-refractivity contribution is 0.262. The Morgan fingerprint density at radius 2 is 1.74 bits per heavy atom. The van der Waals surface area contributed by atoms with E-state index >= 15 is 0 Å². The van der Waals surface area contributed by atoms with Crippen LogP contribution in [0.25, 0.3) is 11.3 Å². The van der Waals surface area contributed by atoms with Crippen LogP contribution in [0.1, 0.15) is 19.9 Å². The van der Waals surface area contributed by atoms with Gasteiger partial charge in [-0.2, -0.15) is 5.10 Å². The molecule has 0 radical (unpaired) electrons. The van der Waals surface area contributed by atoms with Crippen molar-refractivity contribution in [1.82, 2.24) is 9.78 Å². The van der Waals surface area contributed by atoms with Crippen molar-refractivity contribution in [1.29, 1.82) is 0 Å². The van der Waals surface area contributed by atoms with E-state index in [1.165, 1.54) is 0 Å². The summed E-state index contributed by atoms with van der Waals surface area (Å²) in [5.41, 5.74) is 3.08. The standard InChI is InChI=1S/C20H21ClN4O2/c1-13(2)25-18(10-11-22-25)17-12-16(8-9-19(17)27-3)24-20(26)23-15-6-4-14(21)5-7-15/h4-13H,1-3H3,(H2,23,24,26). The van der Waals surface area contributed by atoms with Crippen LogP contribution in [0.2, 0.25) is 5.02 Å². The molecule has 2 amide bonds. The number of halogens is 1. The Hall–Kier alpha value is -2.99. The molecular formula is C20H21ClN4O2. The fourth-order valence-corrected chi connectivity index (χ4v) is 2.88. The van der Waals surface area contributed by atoms with E-state index in [9.17, 15) is 4.79 Å². The van der Waals surface area contributed by atoms with Crippen LogP contribution in [-0.4, -0.2) is 22.9 Å². The van der Waals surface area contributed by atoms with Crippen molar-refractivity contribution in [3.05, 3.63) is 59.8 Å². The van der Waals surface area contributed by atoms with Gasteiger partial charge in [-0.15, -0.1) is 0 Å². The number of nitrogens with zero attached hydrogens (tertiary/aromatic N) is 2. The molecule has 27 heavy (non-hydrogen) atoms. The quantitative estimate of drug-likeness (QED) is 0.615. The smallest absolute Gasteiger partial charge is 0.323 e. The van der Waals surface area contributed by atoms with Crippen molar-refractivity contribution in [2.24, 2.45) is 0 Å². The third-order valence-corrected chi connectivity index (χ3v) is 4.25. The molecule has 0 saturated heterocycles. The van der Waals surface area contributed by atoms with Crippen LogP contribution in [0.4, 0.5) is 16.2 Å². The number of aromatic nitrogens is 2. The van der Waals surface area contributed by atoms with Gasteiger partial charge < -0.3 is 15.4 Å². The third kappa shape index (κ3) is 4.41. The van der Waals surface area contributed by atoms with Crippen LogP contribution in [0.3, 0.4) is 0 Å². The summed E-state index contributed by atoms with van der Waals surface area (Å²) in [6.07, 6.45) is 1.75. The fourth-order valence-electron chi connectivity index (χ4n) is 2.75. The summed E-state index contributed by atoms with van der Waals surface area (Å²) in [5.74, 6) is 0.709. The molecule has 140 valence electrons. The average Bonchev–Trinajstić information content (AvgIpc) is 3.13. The van der Waals surface area contributed by atoms with E-state index in [0.717, 1.165) is 11.3 Å². The van der Waals surface area contributed by atoms with Gasteiger partial charge in [-0.3, -0.25) is 4.68 Å². The van der Waals surface area contributed by atoms with Gasteiger partial charge in [0.1, 0.15) is 5.75 Å². The molecule has 0 aliphatic carbocycles. The maximum Gasteiger partial charge on any atom is 0.323 e. The molecule has 2 aromatic carbocycles. The second kappa shape index (κ2) is 8.14.